The first-order chi connectivity index (χ1) is 10.5. The molecule has 2 amide bonds. The molecule has 22 heavy (non-hydrogen) atoms. The molecular weight excluding hydrogens is 300 g/mol. The molecule has 0 spiro atoms. The molecular formula is C17H19ClN2O2. The summed E-state index contributed by atoms with van der Waals surface area (Å²) in [5.41, 5.74) is 1.66. The van der Waals surface area contributed by atoms with Crippen LogP contribution in [0.25, 0.3) is 0 Å². The number of urea groups is 1. The second-order valence-corrected chi connectivity index (χ2v) is 5.57. The molecule has 0 aliphatic heterocycles. The van der Waals surface area contributed by atoms with Gasteiger partial charge in [0, 0.05) is 17.3 Å². The van der Waals surface area contributed by atoms with Crippen molar-refractivity contribution in [1.29, 1.82) is 0 Å². The lowest BCUT2D eigenvalue weighted by Gasteiger charge is -2.11. The molecule has 0 bridgehead atoms. The van der Waals surface area contributed by atoms with E-state index in [0.717, 1.165) is 11.3 Å². The predicted molar refractivity (Wildman–Crippen MR) is 89.5 cm³/mol. The lowest BCUT2D eigenvalue weighted by atomic mass is 10.2. The first kappa shape index (κ1) is 16.2. The van der Waals surface area contributed by atoms with Crippen LogP contribution in [0.4, 0.5) is 10.5 Å². The van der Waals surface area contributed by atoms with Crippen LogP contribution in [-0.4, -0.2) is 12.1 Å². The number of benzene rings is 2. The molecule has 2 aromatic carbocycles. The number of hydrogen-bond acceptors (Lipinski definition) is 2. The smallest absolute Gasteiger partial charge is 0.319 e. The van der Waals surface area contributed by atoms with Gasteiger partial charge >= 0.3 is 6.03 Å². The number of anilines is 1. The first-order valence-electron chi connectivity index (χ1n) is 7.09. The molecule has 5 heteroatoms. The molecule has 0 atom stereocenters. The highest BCUT2D eigenvalue weighted by atomic mass is 35.5. The fraction of sp³-hybridized carbons (Fsp3) is 0.235. The Labute approximate surface area is 135 Å². The molecule has 0 aromatic heterocycles. The Bertz CT molecular complexity index is 627. The summed E-state index contributed by atoms with van der Waals surface area (Å²) in [6.45, 7) is 4.35. The highest BCUT2D eigenvalue weighted by Gasteiger charge is 2.03. The summed E-state index contributed by atoms with van der Waals surface area (Å²) in [4.78, 5) is 11.8. The topological polar surface area (TPSA) is 50.4 Å². The van der Waals surface area contributed by atoms with Gasteiger partial charge in [-0.2, -0.15) is 0 Å². The zero-order valence-corrected chi connectivity index (χ0v) is 13.4. The maximum atomic E-state index is 11.8. The van der Waals surface area contributed by atoms with Gasteiger partial charge in [-0.3, -0.25) is 0 Å². The van der Waals surface area contributed by atoms with Crippen molar-refractivity contribution < 1.29 is 9.53 Å². The maximum Gasteiger partial charge on any atom is 0.319 e. The largest absolute Gasteiger partial charge is 0.491 e. The average molecular weight is 319 g/mol. The Morgan fingerprint density at radius 2 is 1.91 bits per heavy atom. The second-order valence-electron chi connectivity index (χ2n) is 5.13. The van der Waals surface area contributed by atoms with E-state index in [2.05, 4.69) is 10.6 Å². The zero-order chi connectivity index (χ0) is 15.9. The van der Waals surface area contributed by atoms with Gasteiger partial charge in [-0.25, -0.2) is 4.79 Å². The summed E-state index contributed by atoms with van der Waals surface area (Å²) in [5, 5.41) is 6.20. The van der Waals surface area contributed by atoms with E-state index in [4.69, 9.17) is 16.3 Å². The standard InChI is InChI=1S/C17H19ClN2O2/c1-12(2)22-16-8-6-15(7-9-16)20-17(21)19-11-13-4-3-5-14(18)10-13/h3-10,12H,11H2,1-2H3,(H2,19,20,21). The van der Waals surface area contributed by atoms with E-state index in [-0.39, 0.29) is 12.1 Å². The minimum absolute atomic E-state index is 0.125. The summed E-state index contributed by atoms with van der Waals surface area (Å²) >= 11 is 5.90. The number of carbonyl (C=O) groups excluding carboxylic acids is 1. The summed E-state index contributed by atoms with van der Waals surface area (Å²) in [6, 6.07) is 14.4. The van der Waals surface area contributed by atoms with E-state index in [9.17, 15) is 4.79 Å². The summed E-state index contributed by atoms with van der Waals surface area (Å²) < 4.78 is 5.55. The van der Waals surface area contributed by atoms with E-state index < -0.39 is 0 Å². The Hall–Kier alpha value is -2.20. The van der Waals surface area contributed by atoms with E-state index >= 15 is 0 Å². The summed E-state index contributed by atoms with van der Waals surface area (Å²) in [5.74, 6) is 0.778. The molecule has 2 aromatic rings. The van der Waals surface area contributed by atoms with Gasteiger partial charge in [0.1, 0.15) is 5.75 Å². The molecule has 0 saturated carbocycles. The predicted octanol–water partition coefficient (Wildman–Crippen LogP) is 4.45. The Balaban J connectivity index is 1.84. The van der Waals surface area contributed by atoms with Gasteiger partial charge in [0.15, 0.2) is 0 Å². The van der Waals surface area contributed by atoms with Crippen LogP contribution in [0.2, 0.25) is 5.02 Å². The maximum absolute atomic E-state index is 11.8. The van der Waals surface area contributed by atoms with Crippen LogP contribution in [0.15, 0.2) is 48.5 Å². The number of ether oxygens (including phenoxy) is 1. The Morgan fingerprint density at radius 1 is 1.18 bits per heavy atom. The van der Waals surface area contributed by atoms with Crippen LogP contribution >= 0.6 is 11.6 Å². The number of nitrogens with one attached hydrogen (secondary N) is 2. The molecule has 0 radical (unpaired) electrons. The summed E-state index contributed by atoms with van der Waals surface area (Å²) in [7, 11) is 0. The van der Waals surface area contributed by atoms with Gasteiger partial charge in [0.05, 0.1) is 6.10 Å². The Morgan fingerprint density at radius 3 is 2.55 bits per heavy atom. The van der Waals surface area contributed by atoms with Crippen LogP contribution in [0.5, 0.6) is 5.75 Å². The quantitative estimate of drug-likeness (QED) is 0.855. The van der Waals surface area contributed by atoms with Crippen molar-refractivity contribution in [3.8, 4) is 5.75 Å². The summed E-state index contributed by atoms with van der Waals surface area (Å²) in [6.07, 6.45) is 0.125. The third-order valence-electron chi connectivity index (χ3n) is 2.83. The monoisotopic (exact) mass is 318 g/mol. The molecule has 4 nitrogen and oxygen atoms in total. The fourth-order valence-electron chi connectivity index (χ4n) is 1.89. The van der Waals surface area contributed by atoms with Crippen LogP contribution in [0, 0.1) is 0 Å². The van der Waals surface area contributed by atoms with Gasteiger partial charge in [-0.1, -0.05) is 23.7 Å². The lowest BCUT2D eigenvalue weighted by Crippen LogP contribution is -2.28. The third kappa shape index (κ3) is 5.30. The lowest BCUT2D eigenvalue weighted by molar-refractivity contribution is 0.242. The molecule has 2 N–H and O–H groups in total. The number of rotatable bonds is 5. The molecule has 0 aliphatic rings. The highest BCUT2D eigenvalue weighted by Crippen LogP contribution is 2.17. The van der Waals surface area contributed by atoms with Crippen LogP contribution in [0.3, 0.4) is 0 Å². The molecule has 2 rings (SSSR count). The molecule has 0 fully saturated rings. The number of amides is 2. The molecule has 0 heterocycles. The van der Waals surface area contributed by atoms with Gasteiger partial charge in [-0.05, 0) is 55.8 Å². The van der Waals surface area contributed by atoms with Gasteiger partial charge in [-0.15, -0.1) is 0 Å². The number of hydrogen-bond donors (Lipinski definition) is 2. The van der Waals surface area contributed by atoms with Crippen molar-refractivity contribution in [2.24, 2.45) is 0 Å². The Kier molecular flexibility index (Phi) is 5.67. The minimum atomic E-state index is -0.266. The minimum Gasteiger partial charge on any atom is -0.491 e. The fourth-order valence-corrected chi connectivity index (χ4v) is 2.11. The van der Waals surface area contributed by atoms with Crippen molar-refractivity contribution in [3.63, 3.8) is 0 Å². The van der Waals surface area contributed by atoms with Crippen LogP contribution in [0.1, 0.15) is 19.4 Å². The first-order valence-corrected chi connectivity index (χ1v) is 7.47. The third-order valence-corrected chi connectivity index (χ3v) is 3.06. The number of carbonyl (C=O) groups is 1. The van der Waals surface area contributed by atoms with Gasteiger partial charge in [0.25, 0.3) is 0 Å². The molecule has 0 unspecified atom stereocenters. The van der Waals surface area contributed by atoms with E-state index in [1.54, 1.807) is 18.2 Å². The van der Waals surface area contributed by atoms with Gasteiger partial charge < -0.3 is 15.4 Å². The van der Waals surface area contributed by atoms with Crippen LogP contribution < -0.4 is 15.4 Å². The molecule has 0 saturated heterocycles. The normalized spacial score (nSPS) is 10.4. The highest BCUT2D eigenvalue weighted by molar-refractivity contribution is 6.30. The second kappa shape index (κ2) is 7.71. The SMILES string of the molecule is CC(C)Oc1ccc(NC(=O)NCc2cccc(Cl)c2)cc1. The van der Waals surface area contributed by atoms with E-state index in [1.807, 2.05) is 44.2 Å². The van der Waals surface area contributed by atoms with Crippen molar-refractivity contribution >= 4 is 23.3 Å². The van der Waals surface area contributed by atoms with Crippen LogP contribution in [-0.2, 0) is 6.54 Å². The molecule has 116 valence electrons. The van der Waals surface area contributed by atoms with Crippen molar-refractivity contribution in [2.45, 2.75) is 26.5 Å². The van der Waals surface area contributed by atoms with Crippen molar-refractivity contribution in [2.75, 3.05) is 5.32 Å². The van der Waals surface area contributed by atoms with E-state index in [1.165, 1.54) is 0 Å². The average Bonchev–Trinajstić information content (AvgIpc) is 2.47. The zero-order valence-electron chi connectivity index (χ0n) is 12.6. The van der Waals surface area contributed by atoms with Crippen molar-refractivity contribution in [3.05, 3.63) is 59.1 Å². The van der Waals surface area contributed by atoms with Crippen molar-refractivity contribution in [1.82, 2.24) is 5.32 Å². The molecule has 0 aliphatic carbocycles. The van der Waals surface area contributed by atoms with E-state index in [0.29, 0.717) is 17.3 Å². The number of halogens is 1. The van der Waals surface area contributed by atoms with Gasteiger partial charge in [0.2, 0.25) is 0 Å².